The van der Waals surface area contributed by atoms with Gasteiger partial charge in [-0.05, 0) is 6.42 Å². The van der Waals surface area contributed by atoms with Crippen molar-refractivity contribution in [2.75, 3.05) is 12.9 Å². The van der Waals surface area contributed by atoms with Crippen LogP contribution >= 0.6 is 11.8 Å². The van der Waals surface area contributed by atoms with E-state index >= 15 is 0 Å². The number of carbonyl (C=O) groups is 3. The van der Waals surface area contributed by atoms with Gasteiger partial charge in [-0.25, -0.2) is 4.79 Å². The van der Waals surface area contributed by atoms with E-state index in [1.807, 2.05) is 0 Å². The van der Waals surface area contributed by atoms with Crippen LogP contribution in [-0.4, -0.2) is 46.8 Å². The van der Waals surface area contributed by atoms with E-state index in [9.17, 15) is 14.4 Å². The van der Waals surface area contributed by atoms with Crippen LogP contribution in [0.1, 0.15) is 39.0 Å². The van der Waals surface area contributed by atoms with E-state index in [1.54, 1.807) is 0 Å². The van der Waals surface area contributed by atoms with E-state index in [-0.39, 0.29) is 23.0 Å². The van der Waals surface area contributed by atoms with Gasteiger partial charge >= 0.3 is 5.97 Å². The molecule has 0 radical (unpaired) electrons. The summed E-state index contributed by atoms with van der Waals surface area (Å²) < 4.78 is 4.69. The molecule has 2 heterocycles. The molecule has 0 saturated carbocycles. The number of thioether (sulfide) groups is 1. The topological polar surface area (TPSA) is 63.7 Å². The first-order chi connectivity index (χ1) is 9.61. The van der Waals surface area contributed by atoms with Gasteiger partial charge in [0.05, 0.1) is 12.5 Å². The second kappa shape index (κ2) is 6.61. The number of nitrogens with zero attached hydrogens (tertiary/aromatic N) is 1. The summed E-state index contributed by atoms with van der Waals surface area (Å²) in [4.78, 5) is 37.3. The van der Waals surface area contributed by atoms with Crippen LogP contribution in [0.5, 0.6) is 0 Å². The van der Waals surface area contributed by atoms with Crippen molar-refractivity contribution in [1.29, 1.82) is 0 Å². The van der Waals surface area contributed by atoms with Crippen molar-refractivity contribution in [3.63, 3.8) is 0 Å². The molecular formula is C14H21NO4S. The maximum atomic E-state index is 12.1. The highest BCUT2D eigenvalue weighted by Crippen LogP contribution is 2.44. The second-order valence-electron chi connectivity index (χ2n) is 5.26. The fourth-order valence-electron chi connectivity index (χ4n) is 2.76. The summed E-state index contributed by atoms with van der Waals surface area (Å²) in [6, 6.07) is -0.508. The van der Waals surface area contributed by atoms with Crippen LogP contribution in [0, 0.1) is 5.92 Å². The Morgan fingerprint density at radius 1 is 1.35 bits per heavy atom. The average molecular weight is 299 g/mol. The van der Waals surface area contributed by atoms with Gasteiger partial charge in [0, 0.05) is 12.2 Å². The molecule has 2 saturated heterocycles. The number of methoxy groups -OCH3 is 1. The zero-order chi connectivity index (χ0) is 14.7. The Hall–Kier alpha value is -1.04. The van der Waals surface area contributed by atoms with Gasteiger partial charge in [-0.3, -0.25) is 9.59 Å². The zero-order valence-electron chi connectivity index (χ0n) is 12.0. The van der Waals surface area contributed by atoms with Gasteiger partial charge in [0.1, 0.15) is 17.7 Å². The van der Waals surface area contributed by atoms with Crippen LogP contribution in [0.4, 0.5) is 0 Å². The number of β-lactam (4-membered cyclic amide) rings is 1. The minimum Gasteiger partial charge on any atom is -0.467 e. The van der Waals surface area contributed by atoms with E-state index < -0.39 is 12.0 Å². The highest BCUT2D eigenvalue weighted by atomic mass is 32.2. The van der Waals surface area contributed by atoms with Crippen molar-refractivity contribution in [3.8, 4) is 0 Å². The van der Waals surface area contributed by atoms with Gasteiger partial charge < -0.3 is 9.64 Å². The van der Waals surface area contributed by atoms with Gasteiger partial charge in [0.25, 0.3) is 0 Å². The molecule has 3 atom stereocenters. The average Bonchev–Trinajstić information content (AvgIpc) is 2.82. The summed E-state index contributed by atoms with van der Waals surface area (Å²) in [6.07, 6.45) is 4.62. The number of carbonyl (C=O) groups excluding carboxylic acids is 3. The first-order valence-corrected chi connectivity index (χ1v) is 8.21. The second-order valence-corrected chi connectivity index (χ2v) is 6.41. The summed E-state index contributed by atoms with van der Waals surface area (Å²) in [6.45, 7) is 2.12. The molecule has 6 heteroatoms. The minimum atomic E-state index is -0.531. The molecule has 0 aliphatic carbocycles. The lowest BCUT2D eigenvalue weighted by Crippen LogP contribution is -2.63. The largest absolute Gasteiger partial charge is 0.467 e. The molecule has 0 aromatic rings. The quantitative estimate of drug-likeness (QED) is 0.309. The van der Waals surface area contributed by atoms with Crippen LogP contribution in [0.2, 0.25) is 0 Å². The molecule has 5 nitrogen and oxygen atoms in total. The highest BCUT2D eigenvalue weighted by molar-refractivity contribution is 8.00. The Morgan fingerprint density at radius 3 is 2.75 bits per heavy atom. The molecule has 1 amide bonds. The number of amides is 1. The third-order valence-electron chi connectivity index (χ3n) is 3.94. The number of ketones is 1. The number of hydrogen-bond donors (Lipinski definition) is 0. The lowest BCUT2D eigenvalue weighted by atomic mass is 9.89. The molecule has 0 unspecified atom stereocenters. The number of Topliss-reactive ketones (excluding diaryl/α,β-unsaturated/α-hetero) is 1. The maximum Gasteiger partial charge on any atom is 0.329 e. The molecule has 0 bridgehead atoms. The van der Waals surface area contributed by atoms with Crippen LogP contribution in [0.25, 0.3) is 0 Å². The van der Waals surface area contributed by atoms with Crippen molar-refractivity contribution in [2.24, 2.45) is 5.92 Å². The van der Waals surface area contributed by atoms with Crippen LogP contribution < -0.4 is 0 Å². The summed E-state index contributed by atoms with van der Waals surface area (Å²) in [7, 11) is 1.32. The molecule has 112 valence electrons. The van der Waals surface area contributed by atoms with E-state index in [1.165, 1.54) is 23.8 Å². The number of fused-ring (bicyclic) bond motifs is 1. The van der Waals surface area contributed by atoms with Crippen LogP contribution in [0.3, 0.4) is 0 Å². The molecule has 0 aromatic carbocycles. The van der Waals surface area contributed by atoms with Crippen molar-refractivity contribution in [2.45, 2.75) is 50.4 Å². The van der Waals surface area contributed by atoms with Crippen molar-refractivity contribution < 1.29 is 19.1 Å². The molecule has 0 N–H and O–H groups in total. The van der Waals surface area contributed by atoms with Crippen LogP contribution in [-0.2, 0) is 19.1 Å². The summed E-state index contributed by atoms with van der Waals surface area (Å²) >= 11 is 1.51. The van der Waals surface area contributed by atoms with Gasteiger partial charge in [0.2, 0.25) is 5.91 Å². The summed E-state index contributed by atoms with van der Waals surface area (Å²) in [5.74, 6) is -0.553. The van der Waals surface area contributed by atoms with Gasteiger partial charge in [-0.15, -0.1) is 11.8 Å². The Labute approximate surface area is 123 Å². The molecule has 0 spiro atoms. The van der Waals surface area contributed by atoms with Gasteiger partial charge in [0.15, 0.2) is 0 Å². The smallest absolute Gasteiger partial charge is 0.329 e. The SMILES string of the molecule is CCCCCCC(=O)[C@@H]1C(=O)N2[C@H](C(=O)OC)CS[C@@H]12. The van der Waals surface area contributed by atoms with E-state index in [0.29, 0.717) is 12.2 Å². The molecular weight excluding hydrogens is 278 g/mol. The van der Waals surface area contributed by atoms with E-state index in [0.717, 1.165) is 25.7 Å². The molecule has 2 aliphatic rings. The van der Waals surface area contributed by atoms with Crippen molar-refractivity contribution >= 4 is 29.4 Å². The Morgan fingerprint density at radius 2 is 2.10 bits per heavy atom. The fraction of sp³-hybridized carbons (Fsp3) is 0.786. The predicted octanol–water partition coefficient (Wildman–Crippen LogP) is 1.60. The number of esters is 1. The molecule has 20 heavy (non-hydrogen) atoms. The molecule has 2 aliphatic heterocycles. The van der Waals surface area contributed by atoms with Gasteiger partial charge in [-0.2, -0.15) is 0 Å². The lowest BCUT2D eigenvalue weighted by Gasteiger charge is -2.42. The first kappa shape index (κ1) is 15.4. The minimum absolute atomic E-state index is 0.0327. The number of ether oxygens (including phenoxy) is 1. The van der Waals surface area contributed by atoms with E-state index in [2.05, 4.69) is 6.92 Å². The number of rotatable bonds is 7. The lowest BCUT2D eigenvalue weighted by molar-refractivity contribution is -0.165. The fourth-order valence-corrected chi connectivity index (χ4v) is 4.31. The third kappa shape index (κ3) is 2.71. The predicted molar refractivity (Wildman–Crippen MR) is 76.2 cm³/mol. The normalized spacial score (nSPS) is 28.0. The Bertz CT molecular complexity index is 412. The van der Waals surface area contributed by atoms with Crippen LogP contribution in [0.15, 0.2) is 0 Å². The maximum absolute atomic E-state index is 12.1. The molecule has 2 fully saturated rings. The van der Waals surface area contributed by atoms with Crippen molar-refractivity contribution in [3.05, 3.63) is 0 Å². The Balaban J connectivity index is 1.86. The number of unbranched alkanes of at least 4 members (excludes halogenated alkanes) is 3. The third-order valence-corrected chi connectivity index (χ3v) is 5.29. The zero-order valence-corrected chi connectivity index (χ0v) is 12.8. The summed E-state index contributed by atoms with van der Waals surface area (Å²) in [5.41, 5.74) is 0. The molecule has 2 rings (SSSR count). The summed E-state index contributed by atoms with van der Waals surface area (Å²) in [5, 5.41) is -0.148. The highest BCUT2D eigenvalue weighted by Gasteiger charge is 2.59. The van der Waals surface area contributed by atoms with Crippen molar-refractivity contribution in [1.82, 2.24) is 4.90 Å². The first-order valence-electron chi connectivity index (χ1n) is 7.16. The molecule has 0 aromatic heterocycles. The Kier molecular flexibility index (Phi) is 5.07. The van der Waals surface area contributed by atoms with Gasteiger partial charge in [-0.1, -0.05) is 26.2 Å². The van der Waals surface area contributed by atoms with E-state index in [4.69, 9.17) is 4.74 Å². The number of hydrogen-bond acceptors (Lipinski definition) is 5. The standard InChI is InChI=1S/C14H21NO4S/c1-3-4-5-6-7-10(16)11-12(17)15-9(14(18)19-2)8-20-13(11)15/h9,11,13H,3-8H2,1-2H3/t9-,11+,13-/m0/s1. The monoisotopic (exact) mass is 299 g/mol.